The van der Waals surface area contributed by atoms with Crippen molar-refractivity contribution >= 4 is 17.4 Å². The number of aromatic nitrogens is 3. The fourth-order valence-corrected chi connectivity index (χ4v) is 2.89. The van der Waals surface area contributed by atoms with Crippen LogP contribution in [0.1, 0.15) is 31.9 Å². The number of alkyl halides is 3. The van der Waals surface area contributed by atoms with Crippen LogP contribution in [0.5, 0.6) is 0 Å². The second-order valence-corrected chi connectivity index (χ2v) is 6.32. The largest absolute Gasteiger partial charge is 0.458 e. The van der Waals surface area contributed by atoms with E-state index >= 15 is 0 Å². The molecule has 0 spiro atoms. The topological polar surface area (TPSA) is 77.8 Å². The minimum absolute atomic E-state index is 0.00206. The van der Waals surface area contributed by atoms with Crippen LogP contribution in [-0.4, -0.2) is 52.1 Å². The van der Waals surface area contributed by atoms with Gasteiger partial charge in [0.15, 0.2) is 5.82 Å². The highest BCUT2D eigenvalue weighted by Gasteiger charge is 2.39. The third kappa shape index (κ3) is 4.12. The molecule has 1 saturated heterocycles. The quantitative estimate of drug-likeness (QED) is 0.639. The van der Waals surface area contributed by atoms with E-state index in [0.717, 1.165) is 23.7 Å². The number of carbonyl (C=O) groups is 1. The number of carbonyl (C=O) groups excluding carboxylic acids is 1. The van der Waals surface area contributed by atoms with Crippen molar-refractivity contribution in [2.45, 2.75) is 44.5 Å². The van der Waals surface area contributed by atoms with Crippen LogP contribution in [0.15, 0.2) is 12.3 Å². The normalized spacial score (nSPS) is 21.9. The van der Waals surface area contributed by atoms with Crippen molar-refractivity contribution in [1.82, 2.24) is 14.6 Å². The summed E-state index contributed by atoms with van der Waals surface area (Å²) >= 11 is 0. The Labute approximate surface area is 151 Å². The molecule has 3 unspecified atom stereocenters. The van der Waals surface area contributed by atoms with Gasteiger partial charge in [0, 0.05) is 13.5 Å². The molecule has 0 aromatic carbocycles. The zero-order chi connectivity index (χ0) is 19.8. The predicted molar refractivity (Wildman–Crippen MR) is 85.8 cm³/mol. The Morgan fingerprint density at radius 3 is 2.89 bits per heavy atom. The van der Waals surface area contributed by atoms with Gasteiger partial charge in [-0.25, -0.2) is 13.9 Å². The van der Waals surface area contributed by atoms with Crippen molar-refractivity contribution in [2.24, 2.45) is 0 Å². The molecule has 1 N–H and O–H groups in total. The molecule has 1 aliphatic heterocycles. The molecule has 148 valence electrons. The number of esters is 1. The Balaban J connectivity index is 1.90. The lowest BCUT2D eigenvalue weighted by molar-refractivity contribution is -0.153. The average molecular weight is 390 g/mol. The van der Waals surface area contributed by atoms with Crippen molar-refractivity contribution in [3.63, 3.8) is 0 Å². The minimum atomic E-state index is -4.54. The third-order valence-corrected chi connectivity index (χ3v) is 4.37. The van der Waals surface area contributed by atoms with Crippen LogP contribution < -0.4 is 5.32 Å². The molecule has 3 heterocycles. The van der Waals surface area contributed by atoms with Crippen LogP contribution in [0, 0.1) is 5.82 Å². The van der Waals surface area contributed by atoms with Gasteiger partial charge >= 0.3 is 12.1 Å². The molecule has 0 bridgehead atoms. The molecule has 0 amide bonds. The van der Waals surface area contributed by atoms with Gasteiger partial charge < -0.3 is 14.8 Å². The molecule has 1 fully saturated rings. The molecule has 11 heteroatoms. The first kappa shape index (κ1) is 19.3. The van der Waals surface area contributed by atoms with Gasteiger partial charge in [0.1, 0.15) is 11.6 Å². The lowest BCUT2D eigenvalue weighted by Crippen LogP contribution is -2.44. The maximum atomic E-state index is 14.0. The highest BCUT2D eigenvalue weighted by Crippen LogP contribution is 2.35. The minimum Gasteiger partial charge on any atom is -0.458 e. The summed E-state index contributed by atoms with van der Waals surface area (Å²) < 4.78 is 64.5. The molecular formula is C16H18F4N4O3. The molecular weight excluding hydrogens is 372 g/mol. The smallest absolute Gasteiger partial charge is 0.396 e. The number of nitrogens with one attached hydrogen (secondary N) is 1. The van der Waals surface area contributed by atoms with Crippen LogP contribution in [-0.2, 0) is 14.3 Å². The van der Waals surface area contributed by atoms with E-state index in [4.69, 9.17) is 9.47 Å². The Morgan fingerprint density at radius 1 is 1.48 bits per heavy atom. The molecule has 3 rings (SSSR count). The summed E-state index contributed by atoms with van der Waals surface area (Å²) in [5.74, 6) is -3.23. The fourth-order valence-electron chi connectivity index (χ4n) is 2.89. The Hall–Kier alpha value is -2.43. The SMILES string of the molecule is CC(=O)OC1COCCC1Nc1ncc2c(F)cc(C(C)C(F)(F)F)n2n1. The van der Waals surface area contributed by atoms with E-state index in [1.54, 1.807) is 0 Å². The summed E-state index contributed by atoms with van der Waals surface area (Å²) in [6, 6.07) is 0.422. The molecule has 27 heavy (non-hydrogen) atoms. The van der Waals surface area contributed by atoms with Crippen LogP contribution in [0.4, 0.5) is 23.5 Å². The van der Waals surface area contributed by atoms with E-state index in [9.17, 15) is 22.4 Å². The number of nitrogens with zero attached hydrogens (tertiary/aromatic N) is 3. The van der Waals surface area contributed by atoms with Gasteiger partial charge in [0.05, 0.1) is 30.5 Å². The van der Waals surface area contributed by atoms with Gasteiger partial charge in [-0.15, -0.1) is 5.10 Å². The maximum absolute atomic E-state index is 14.0. The van der Waals surface area contributed by atoms with E-state index in [2.05, 4.69) is 15.4 Å². The van der Waals surface area contributed by atoms with Crippen molar-refractivity contribution in [2.75, 3.05) is 18.5 Å². The van der Waals surface area contributed by atoms with Gasteiger partial charge in [-0.2, -0.15) is 13.2 Å². The van der Waals surface area contributed by atoms with Crippen LogP contribution in [0.3, 0.4) is 0 Å². The molecule has 0 radical (unpaired) electrons. The van der Waals surface area contributed by atoms with Gasteiger partial charge in [-0.1, -0.05) is 0 Å². The number of ether oxygens (including phenoxy) is 2. The molecule has 2 aromatic heterocycles. The highest BCUT2D eigenvalue weighted by molar-refractivity contribution is 5.66. The number of hydrogen-bond acceptors (Lipinski definition) is 6. The molecule has 0 saturated carbocycles. The third-order valence-electron chi connectivity index (χ3n) is 4.37. The number of hydrogen-bond donors (Lipinski definition) is 1. The van der Waals surface area contributed by atoms with Crippen LogP contribution >= 0.6 is 0 Å². The summed E-state index contributed by atoms with van der Waals surface area (Å²) in [4.78, 5) is 15.2. The summed E-state index contributed by atoms with van der Waals surface area (Å²) in [7, 11) is 0. The van der Waals surface area contributed by atoms with E-state index in [0.29, 0.717) is 13.0 Å². The fraction of sp³-hybridized carbons (Fsp3) is 0.562. The zero-order valence-electron chi connectivity index (χ0n) is 14.6. The highest BCUT2D eigenvalue weighted by atomic mass is 19.4. The first-order valence-electron chi connectivity index (χ1n) is 8.29. The molecule has 1 aliphatic rings. The van der Waals surface area contributed by atoms with E-state index in [1.807, 2.05) is 0 Å². The van der Waals surface area contributed by atoms with Gasteiger partial charge in [-0.05, 0) is 19.4 Å². The number of fused-ring (bicyclic) bond motifs is 1. The number of anilines is 1. The molecule has 7 nitrogen and oxygen atoms in total. The summed E-state index contributed by atoms with van der Waals surface area (Å²) in [6.45, 7) is 2.79. The molecule has 3 atom stereocenters. The van der Waals surface area contributed by atoms with Crippen molar-refractivity contribution in [3.05, 3.63) is 23.8 Å². The lowest BCUT2D eigenvalue weighted by atomic mass is 10.1. The van der Waals surface area contributed by atoms with Crippen molar-refractivity contribution in [1.29, 1.82) is 0 Å². The summed E-state index contributed by atoms with van der Waals surface area (Å²) in [6.07, 6.45) is -3.55. The van der Waals surface area contributed by atoms with E-state index < -0.39 is 30.0 Å². The van der Waals surface area contributed by atoms with Crippen molar-refractivity contribution < 1.29 is 31.8 Å². The molecule has 0 aliphatic carbocycles. The number of rotatable bonds is 4. The lowest BCUT2D eigenvalue weighted by Gasteiger charge is -2.31. The average Bonchev–Trinajstić information content (AvgIpc) is 2.91. The van der Waals surface area contributed by atoms with E-state index in [-0.39, 0.29) is 29.8 Å². The predicted octanol–water partition coefficient (Wildman–Crippen LogP) is 2.67. The van der Waals surface area contributed by atoms with Gasteiger partial charge in [0.2, 0.25) is 5.95 Å². The van der Waals surface area contributed by atoms with Gasteiger partial charge in [-0.3, -0.25) is 4.79 Å². The van der Waals surface area contributed by atoms with Crippen molar-refractivity contribution in [3.8, 4) is 0 Å². The van der Waals surface area contributed by atoms with E-state index in [1.165, 1.54) is 6.92 Å². The second-order valence-electron chi connectivity index (χ2n) is 6.32. The first-order valence-corrected chi connectivity index (χ1v) is 8.29. The summed E-state index contributed by atoms with van der Waals surface area (Å²) in [5, 5.41) is 6.95. The van der Waals surface area contributed by atoms with Crippen LogP contribution in [0.25, 0.3) is 5.52 Å². The van der Waals surface area contributed by atoms with Crippen LogP contribution in [0.2, 0.25) is 0 Å². The Kier molecular flexibility index (Phi) is 5.22. The second kappa shape index (κ2) is 7.29. The number of halogens is 4. The monoisotopic (exact) mass is 390 g/mol. The van der Waals surface area contributed by atoms with Gasteiger partial charge in [0.25, 0.3) is 0 Å². The molecule has 2 aromatic rings. The maximum Gasteiger partial charge on any atom is 0.396 e. The standard InChI is InChI=1S/C16H18F4N4O3/c1-8(16(18,19)20)12-5-10(17)13-6-21-15(23-24(12)13)22-11-3-4-26-7-14(11)27-9(2)25/h5-6,8,11,14H,3-4,7H2,1-2H3,(H,22,23). The first-order chi connectivity index (χ1) is 12.7. The summed E-state index contributed by atoms with van der Waals surface area (Å²) in [5.41, 5.74) is -0.487. The zero-order valence-corrected chi connectivity index (χ0v) is 14.6. The Morgan fingerprint density at radius 2 is 2.22 bits per heavy atom. The Bertz CT molecular complexity index is 839.